The van der Waals surface area contributed by atoms with Gasteiger partial charge in [-0.2, -0.15) is 0 Å². The van der Waals surface area contributed by atoms with Gasteiger partial charge in [-0.1, -0.05) is 43.3 Å². The molecule has 146 valence electrons. The Balaban J connectivity index is 1.54. The summed E-state index contributed by atoms with van der Waals surface area (Å²) >= 11 is 0. The van der Waals surface area contributed by atoms with Crippen LogP contribution in [-0.2, 0) is 19.5 Å². The molecule has 0 bridgehead atoms. The highest BCUT2D eigenvalue weighted by Gasteiger charge is 2.06. The quantitative estimate of drug-likeness (QED) is 0.465. The molecule has 3 aromatic rings. The summed E-state index contributed by atoms with van der Waals surface area (Å²) in [4.78, 5) is 4.29. The Labute approximate surface area is 165 Å². The van der Waals surface area contributed by atoms with E-state index < -0.39 is 0 Å². The third-order valence-electron chi connectivity index (χ3n) is 4.27. The molecule has 1 heterocycles. The molecule has 2 N–H and O–H groups in total. The first-order valence-electron chi connectivity index (χ1n) is 9.42. The number of rotatable bonds is 8. The fourth-order valence-corrected chi connectivity index (χ4v) is 2.80. The van der Waals surface area contributed by atoms with Crippen LogP contribution in [0.2, 0.25) is 0 Å². The fraction of sp³-hybridized carbons (Fsp3) is 0.286. The number of para-hydroxylation sites is 2. The second-order valence-corrected chi connectivity index (χ2v) is 6.17. The molecule has 0 unspecified atom stereocenters. The van der Waals surface area contributed by atoms with Gasteiger partial charge in [0, 0.05) is 38.7 Å². The van der Waals surface area contributed by atoms with E-state index in [2.05, 4.69) is 32.7 Å². The van der Waals surface area contributed by atoms with Gasteiger partial charge in [0.25, 0.3) is 0 Å². The lowest BCUT2D eigenvalue weighted by atomic mass is 10.2. The molecule has 0 radical (unpaired) electrons. The van der Waals surface area contributed by atoms with Crippen molar-refractivity contribution in [2.45, 2.75) is 26.4 Å². The van der Waals surface area contributed by atoms with Crippen LogP contribution >= 0.6 is 0 Å². The highest BCUT2D eigenvalue weighted by molar-refractivity contribution is 5.79. The van der Waals surface area contributed by atoms with E-state index in [1.165, 1.54) is 0 Å². The van der Waals surface area contributed by atoms with Crippen molar-refractivity contribution in [3.05, 3.63) is 72.3 Å². The summed E-state index contributed by atoms with van der Waals surface area (Å²) in [7, 11) is 1.76. The van der Waals surface area contributed by atoms with E-state index in [1.807, 2.05) is 59.2 Å². The van der Waals surface area contributed by atoms with Crippen LogP contribution in [0.5, 0.6) is 11.5 Å². The number of hydrogen-bond acceptors (Lipinski definition) is 4. The van der Waals surface area contributed by atoms with E-state index in [9.17, 15) is 0 Å². The van der Waals surface area contributed by atoms with Crippen LogP contribution in [0.4, 0.5) is 0 Å². The normalized spacial score (nSPS) is 11.3. The van der Waals surface area contributed by atoms with E-state index in [1.54, 1.807) is 13.4 Å². The minimum absolute atomic E-state index is 0.607. The highest BCUT2D eigenvalue weighted by Crippen LogP contribution is 2.24. The Kier molecular flexibility index (Phi) is 7.01. The topological polar surface area (TPSA) is 76.4 Å². The Morgan fingerprint density at radius 1 is 1.07 bits per heavy atom. The highest BCUT2D eigenvalue weighted by atomic mass is 16.5. The van der Waals surface area contributed by atoms with Crippen LogP contribution in [0.1, 0.15) is 18.3 Å². The SMILES string of the molecule is CCc1nncn1CCNC(=NC)NCc1ccccc1Oc1ccccc1. The zero-order valence-electron chi connectivity index (χ0n) is 16.3. The van der Waals surface area contributed by atoms with Gasteiger partial charge in [0.05, 0.1) is 0 Å². The summed E-state index contributed by atoms with van der Waals surface area (Å²) in [6, 6.07) is 17.8. The van der Waals surface area contributed by atoms with Crippen LogP contribution in [-0.4, -0.2) is 34.3 Å². The van der Waals surface area contributed by atoms with Gasteiger partial charge < -0.3 is 19.9 Å². The number of aliphatic imine (C=N–C) groups is 1. The van der Waals surface area contributed by atoms with Gasteiger partial charge in [0.2, 0.25) is 0 Å². The Bertz CT molecular complexity index is 891. The number of nitrogens with zero attached hydrogens (tertiary/aromatic N) is 4. The number of aryl methyl sites for hydroxylation is 1. The maximum Gasteiger partial charge on any atom is 0.191 e. The predicted octanol–water partition coefficient (Wildman–Crippen LogP) is 3.00. The second-order valence-electron chi connectivity index (χ2n) is 6.17. The van der Waals surface area contributed by atoms with E-state index in [-0.39, 0.29) is 0 Å². The van der Waals surface area contributed by atoms with E-state index in [0.717, 1.165) is 48.4 Å². The van der Waals surface area contributed by atoms with E-state index >= 15 is 0 Å². The van der Waals surface area contributed by atoms with Crippen LogP contribution in [0, 0.1) is 0 Å². The number of ether oxygens (including phenoxy) is 1. The molecule has 0 spiro atoms. The lowest BCUT2D eigenvalue weighted by Gasteiger charge is -2.15. The van der Waals surface area contributed by atoms with Crippen LogP contribution in [0.3, 0.4) is 0 Å². The van der Waals surface area contributed by atoms with Crippen molar-refractivity contribution in [2.24, 2.45) is 4.99 Å². The maximum atomic E-state index is 6.01. The number of nitrogens with one attached hydrogen (secondary N) is 2. The van der Waals surface area contributed by atoms with Crippen LogP contribution in [0.25, 0.3) is 0 Å². The molecule has 0 aliphatic rings. The molecule has 28 heavy (non-hydrogen) atoms. The van der Waals surface area contributed by atoms with Gasteiger partial charge in [0.15, 0.2) is 5.96 Å². The summed E-state index contributed by atoms with van der Waals surface area (Å²) < 4.78 is 8.06. The van der Waals surface area contributed by atoms with Gasteiger partial charge in [-0.05, 0) is 18.2 Å². The van der Waals surface area contributed by atoms with Crippen molar-refractivity contribution >= 4 is 5.96 Å². The first kappa shape index (κ1) is 19.4. The van der Waals surface area contributed by atoms with Crippen molar-refractivity contribution in [3.8, 4) is 11.5 Å². The average molecular weight is 378 g/mol. The largest absolute Gasteiger partial charge is 0.457 e. The third-order valence-corrected chi connectivity index (χ3v) is 4.27. The summed E-state index contributed by atoms with van der Waals surface area (Å²) in [6.45, 7) is 4.19. The minimum atomic E-state index is 0.607. The van der Waals surface area contributed by atoms with Crippen LogP contribution < -0.4 is 15.4 Å². The van der Waals surface area contributed by atoms with Crippen LogP contribution in [0.15, 0.2) is 65.9 Å². The second kappa shape index (κ2) is 10.1. The number of guanidine groups is 1. The maximum absolute atomic E-state index is 6.01. The zero-order valence-corrected chi connectivity index (χ0v) is 16.3. The number of hydrogen-bond donors (Lipinski definition) is 2. The molecule has 0 aliphatic heterocycles. The number of aromatic nitrogens is 3. The lowest BCUT2D eigenvalue weighted by molar-refractivity contribution is 0.475. The smallest absolute Gasteiger partial charge is 0.191 e. The molecule has 0 atom stereocenters. The van der Waals surface area contributed by atoms with Gasteiger partial charge >= 0.3 is 0 Å². The molecule has 0 saturated heterocycles. The number of benzene rings is 2. The molecule has 0 amide bonds. The van der Waals surface area contributed by atoms with Crippen molar-refractivity contribution in [1.82, 2.24) is 25.4 Å². The summed E-state index contributed by atoms with van der Waals surface area (Å²) in [5, 5.41) is 14.7. The molecule has 0 saturated carbocycles. The van der Waals surface area contributed by atoms with Crippen molar-refractivity contribution < 1.29 is 4.74 Å². The molecule has 1 aromatic heterocycles. The Morgan fingerprint density at radius 2 is 1.86 bits per heavy atom. The predicted molar refractivity (Wildman–Crippen MR) is 111 cm³/mol. The minimum Gasteiger partial charge on any atom is -0.457 e. The molecule has 7 nitrogen and oxygen atoms in total. The van der Waals surface area contributed by atoms with Crippen molar-refractivity contribution in [2.75, 3.05) is 13.6 Å². The Hall–Kier alpha value is -3.35. The van der Waals surface area contributed by atoms with Crippen molar-refractivity contribution in [3.63, 3.8) is 0 Å². The molecule has 2 aromatic carbocycles. The van der Waals surface area contributed by atoms with Gasteiger partial charge in [-0.3, -0.25) is 4.99 Å². The fourth-order valence-electron chi connectivity index (χ4n) is 2.80. The molecule has 0 aliphatic carbocycles. The summed E-state index contributed by atoms with van der Waals surface area (Å²) in [6.07, 6.45) is 2.62. The average Bonchev–Trinajstić information content (AvgIpc) is 3.20. The van der Waals surface area contributed by atoms with Gasteiger partial charge in [-0.15, -0.1) is 10.2 Å². The summed E-state index contributed by atoms with van der Waals surface area (Å²) in [5.74, 6) is 3.37. The monoisotopic (exact) mass is 378 g/mol. The molecular weight excluding hydrogens is 352 g/mol. The third kappa shape index (κ3) is 5.33. The standard InChI is InChI=1S/C21H26N6O/c1-3-20-26-25-16-27(20)14-13-23-21(22-2)24-15-17-9-7-8-12-19(17)28-18-10-5-4-6-11-18/h4-12,16H,3,13-15H2,1-2H3,(H2,22,23,24). The Morgan fingerprint density at radius 3 is 2.64 bits per heavy atom. The molecule has 0 fully saturated rings. The van der Waals surface area contributed by atoms with Gasteiger partial charge in [-0.25, -0.2) is 0 Å². The first-order chi connectivity index (χ1) is 13.8. The van der Waals surface area contributed by atoms with E-state index in [4.69, 9.17) is 4.74 Å². The summed E-state index contributed by atoms with van der Waals surface area (Å²) in [5.41, 5.74) is 1.06. The molecule has 7 heteroatoms. The van der Waals surface area contributed by atoms with E-state index in [0.29, 0.717) is 6.54 Å². The van der Waals surface area contributed by atoms with Gasteiger partial charge in [0.1, 0.15) is 23.7 Å². The molecular formula is C21H26N6O. The first-order valence-corrected chi connectivity index (χ1v) is 9.42. The zero-order chi connectivity index (χ0) is 19.6. The lowest BCUT2D eigenvalue weighted by Crippen LogP contribution is -2.38. The molecule has 3 rings (SSSR count). The van der Waals surface area contributed by atoms with Crippen molar-refractivity contribution in [1.29, 1.82) is 0 Å².